The normalized spacial score (nSPS) is 28.7. The van der Waals surface area contributed by atoms with Gasteiger partial charge in [0.25, 0.3) is 0 Å². The molecule has 0 aromatic carbocycles. The Bertz CT molecular complexity index is 218. The van der Waals surface area contributed by atoms with Crippen LogP contribution in [0.5, 0.6) is 0 Å². The van der Waals surface area contributed by atoms with Gasteiger partial charge in [0, 0.05) is 0 Å². The van der Waals surface area contributed by atoms with E-state index in [0.29, 0.717) is 0 Å². The molecule has 0 aliphatic heterocycles. The molecule has 0 N–H and O–H groups in total. The van der Waals surface area contributed by atoms with Crippen LogP contribution in [0.15, 0.2) is 0 Å². The van der Waals surface area contributed by atoms with E-state index >= 15 is 0 Å². The first-order valence-electron chi connectivity index (χ1n) is 6.16. The molecule has 0 radical (unpaired) electrons. The van der Waals surface area contributed by atoms with Gasteiger partial charge in [-0.05, 0) is 35.8 Å². The van der Waals surface area contributed by atoms with E-state index in [-0.39, 0.29) is 0 Å². The summed E-state index contributed by atoms with van der Waals surface area (Å²) in [6.07, 6.45) is 6.31. The fourth-order valence-corrected chi connectivity index (χ4v) is 13.0. The number of rotatable bonds is 3. The van der Waals surface area contributed by atoms with Gasteiger partial charge in [-0.2, -0.15) is 0 Å². The second kappa shape index (κ2) is 2.57. The SMILES string of the molecule is C[Si](C)(C)C1(C2([Si](C)(C)C)CC2)CC1. The third kappa shape index (κ3) is 1.16. The molecule has 2 rings (SSSR count). The summed E-state index contributed by atoms with van der Waals surface area (Å²) in [7, 11) is -1.84. The van der Waals surface area contributed by atoms with Gasteiger partial charge in [-0.15, -0.1) is 0 Å². The lowest BCUT2D eigenvalue weighted by atomic mass is 10.2. The fourth-order valence-electron chi connectivity index (χ4n) is 4.14. The maximum absolute atomic E-state index is 2.61. The van der Waals surface area contributed by atoms with Crippen molar-refractivity contribution in [2.24, 2.45) is 0 Å². The van der Waals surface area contributed by atoms with Crippen LogP contribution in [0, 0.1) is 0 Å². The van der Waals surface area contributed by atoms with Crippen LogP contribution in [0.25, 0.3) is 0 Å². The second-order valence-electron chi connectivity index (χ2n) is 7.66. The van der Waals surface area contributed by atoms with Gasteiger partial charge in [0.15, 0.2) is 0 Å². The van der Waals surface area contributed by atoms with E-state index in [9.17, 15) is 0 Å². The summed E-state index contributed by atoms with van der Waals surface area (Å²) < 4.78 is 0. The largest absolute Gasteiger partial charge is 0.0691 e. The molecule has 0 spiro atoms. The smallest absolute Gasteiger partial charge is 0.0508 e. The van der Waals surface area contributed by atoms with Gasteiger partial charge in [0.05, 0.1) is 16.1 Å². The molecule has 0 heterocycles. The van der Waals surface area contributed by atoms with Crippen molar-refractivity contribution in [2.45, 2.75) is 75.0 Å². The van der Waals surface area contributed by atoms with Crippen molar-refractivity contribution in [1.82, 2.24) is 0 Å². The minimum absolute atomic E-state index is 0.879. The van der Waals surface area contributed by atoms with Crippen LogP contribution >= 0.6 is 0 Å². The molecule has 0 aromatic rings. The van der Waals surface area contributed by atoms with Crippen molar-refractivity contribution in [1.29, 1.82) is 0 Å². The summed E-state index contributed by atoms with van der Waals surface area (Å²) in [5.74, 6) is 0. The van der Waals surface area contributed by atoms with Gasteiger partial charge in [-0.3, -0.25) is 0 Å². The average molecular weight is 227 g/mol. The first-order valence-corrected chi connectivity index (χ1v) is 13.2. The molecule has 2 aliphatic carbocycles. The zero-order chi connectivity index (χ0) is 10.8. The fraction of sp³-hybridized carbons (Fsp3) is 1.00. The van der Waals surface area contributed by atoms with Crippen molar-refractivity contribution >= 4 is 16.1 Å². The topological polar surface area (TPSA) is 0 Å². The summed E-state index contributed by atoms with van der Waals surface area (Å²) in [4.78, 5) is 0. The third-order valence-corrected chi connectivity index (χ3v) is 13.2. The van der Waals surface area contributed by atoms with Crippen LogP contribution in [-0.4, -0.2) is 16.1 Å². The highest BCUT2D eigenvalue weighted by atomic mass is 28.3. The minimum Gasteiger partial charge on any atom is -0.0691 e. The van der Waals surface area contributed by atoms with Crippen LogP contribution in [-0.2, 0) is 0 Å². The lowest BCUT2D eigenvalue weighted by Crippen LogP contribution is -2.43. The van der Waals surface area contributed by atoms with Crippen LogP contribution in [0.4, 0.5) is 0 Å². The van der Waals surface area contributed by atoms with E-state index in [1.165, 1.54) is 0 Å². The van der Waals surface area contributed by atoms with E-state index in [1.54, 1.807) is 25.7 Å². The monoisotopic (exact) mass is 226 g/mol. The summed E-state index contributed by atoms with van der Waals surface area (Å²) in [5, 5.41) is 1.76. The Balaban J connectivity index is 2.33. The Morgan fingerprint density at radius 3 is 0.857 bits per heavy atom. The van der Waals surface area contributed by atoms with Crippen molar-refractivity contribution in [3.05, 3.63) is 0 Å². The van der Waals surface area contributed by atoms with Crippen molar-refractivity contribution in [3.8, 4) is 0 Å². The standard InChI is InChI=1S/C12H26Si2/c1-13(2,3)11(7-8-11)12(9-10-12)14(4,5)6/h7-10H2,1-6H3. The molecule has 2 saturated carbocycles. The molecule has 0 aromatic heterocycles. The molecule has 2 fully saturated rings. The van der Waals surface area contributed by atoms with E-state index in [1.807, 2.05) is 0 Å². The summed E-state index contributed by atoms with van der Waals surface area (Å²) in [6, 6.07) is 0. The third-order valence-electron chi connectivity index (χ3n) is 5.29. The maximum atomic E-state index is 2.61. The molecule has 2 aliphatic rings. The van der Waals surface area contributed by atoms with E-state index in [4.69, 9.17) is 0 Å². The summed E-state index contributed by atoms with van der Waals surface area (Å²) in [5.41, 5.74) is 0. The van der Waals surface area contributed by atoms with Crippen molar-refractivity contribution in [2.75, 3.05) is 0 Å². The Kier molecular flexibility index (Phi) is 2.01. The van der Waals surface area contributed by atoms with Gasteiger partial charge in [-0.25, -0.2) is 0 Å². The Hall–Kier alpha value is 0.434. The molecule has 14 heavy (non-hydrogen) atoms. The quantitative estimate of drug-likeness (QED) is 0.610. The summed E-state index contributed by atoms with van der Waals surface area (Å²) >= 11 is 0. The first kappa shape index (κ1) is 10.9. The minimum atomic E-state index is -0.922. The zero-order valence-corrected chi connectivity index (χ0v) is 12.8. The zero-order valence-electron chi connectivity index (χ0n) is 10.8. The Morgan fingerprint density at radius 2 is 0.786 bits per heavy atom. The van der Waals surface area contributed by atoms with E-state index in [0.717, 1.165) is 10.1 Å². The Labute approximate surface area is 91.5 Å². The van der Waals surface area contributed by atoms with Crippen LogP contribution in [0.1, 0.15) is 25.7 Å². The second-order valence-corrected chi connectivity index (χ2v) is 18.6. The van der Waals surface area contributed by atoms with Gasteiger partial charge in [0.1, 0.15) is 0 Å². The summed E-state index contributed by atoms with van der Waals surface area (Å²) in [6.45, 7) is 15.7. The first-order chi connectivity index (χ1) is 6.16. The van der Waals surface area contributed by atoms with Crippen LogP contribution in [0.2, 0.25) is 49.4 Å². The van der Waals surface area contributed by atoms with E-state index in [2.05, 4.69) is 39.3 Å². The lowest BCUT2D eigenvalue weighted by Gasteiger charge is -2.44. The number of hydrogen-bond donors (Lipinski definition) is 0. The highest BCUT2D eigenvalue weighted by Crippen LogP contribution is 2.86. The predicted octanol–water partition coefficient (Wildman–Crippen LogP) is 4.73. The van der Waals surface area contributed by atoms with Crippen molar-refractivity contribution < 1.29 is 0 Å². The maximum Gasteiger partial charge on any atom is 0.0508 e. The van der Waals surface area contributed by atoms with Gasteiger partial charge in [0.2, 0.25) is 0 Å². The molecule has 0 amide bonds. The molecule has 0 atom stereocenters. The average Bonchev–Trinajstić information content (AvgIpc) is 2.77. The van der Waals surface area contributed by atoms with Crippen LogP contribution in [0.3, 0.4) is 0 Å². The van der Waals surface area contributed by atoms with E-state index < -0.39 is 16.1 Å². The molecule has 0 nitrogen and oxygen atoms in total. The molecule has 0 saturated heterocycles. The molecule has 82 valence electrons. The molecule has 2 heteroatoms. The molecule has 0 bridgehead atoms. The van der Waals surface area contributed by atoms with Gasteiger partial charge < -0.3 is 0 Å². The van der Waals surface area contributed by atoms with Crippen LogP contribution < -0.4 is 0 Å². The number of hydrogen-bond acceptors (Lipinski definition) is 0. The Morgan fingerprint density at radius 1 is 0.571 bits per heavy atom. The lowest BCUT2D eigenvalue weighted by molar-refractivity contribution is 0.699. The molecular weight excluding hydrogens is 200 g/mol. The van der Waals surface area contributed by atoms with Crippen molar-refractivity contribution in [3.63, 3.8) is 0 Å². The van der Waals surface area contributed by atoms with Gasteiger partial charge in [-0.1, -0.05) is 39.3 Å². The van der Waals surface area contributed by atoms with Gasteiger partial charge >= 0.3 is 0 Å². The predicted molar refractivity (Wildman–Crippen MR) is 70.5 cm³/mol. The highest BCUT2D eigenvalue weighted by molar-refractivity contribution is 6.87. The molecular formula is C12H26Si2. The molecule has 0 unspecified atom stereocenters. The highest BCUT2D eigenvalue weighted by Gasteiger charge is 2.73.